The highest BCUT2D eigenvalue weighted by molar-refractivity contribution is 6.74. The quantitative estimate of drug-likeness (QED) is 0.471. The van der Waals surface area contributed by atoms with Gasteiger partial charge in [-0.1, -0.05) is 32.4 Å². The third-order valence-electron chi connectivity index (χ3n) is 4.02. The number of anilines is 1. The number of amides is 1. The Bertz CT molecular complexity index is 530. The monoisotopic (exact) mass is 343 g/mol. The van der Waals surface area contributed by atoms with Gasteiger partial charge in [-0.05, 0) is 30.6 Å². The molecular formula is C15H26ClN3O2Si. The molecule has 1 heterocycles. The Kier molecular flexibility index (Phi) is 6.40. The van der Waals surface area contributed by atoms with Gasteiger partial charge >= 0.3 is 0 Å². The van der Waals surface area contributed by atoms with Crippen molar-refractivity contribution in [1.82, 2.24) is 10.3 Å². The molecule has 0 saturated carbocycles. The first-order valence-corrected chi connectivity index (χ1v) is 10.7. The van der Waals surface area contributed by atoms with Gasteiger partial charge < -0.3 is 15.5 Å². The molecule has 3 N–H and O–H groups in total. The van der Waals surface area contributed by atoms with Crippen LogP contribution in [0, 0.1) is 0 Å². The molecule has 0 atom stereocenters. The minimum atomic E-state index is -1.72. The lowest BCUT2D eigenvalue weighted by molar-refractivity contribution is 0.0952. The van der Waals surface area contributed by atoms with Gasteiger partial charge in [-0.15, -0.1) is 0 Å². The number of nitrogens with two attached hydrogens (primary N) is 1. The largest absolute Gasteiger partial charge is 0.417 e. The van der Waals surface area contributed by atoms with E-state index in [1.165, 1.54) is 12.3 Å². The molecule has 5 nitrogen and oxygen atoms in total. The number of hydrogen-bond acceptors (Lipinski definition) is 4. The van der Waals surface area contributed by atoms with Crippen molar-refractivity contribution in [2.45, 2.75) is 45.3 Å². The number of pyridine rings is 1. The van der Waals surface area contributed by atoms with Crippen LogP contribution in [-0.4, -0.2) is 32.4 Å². The molecule has 124 valence electrons. The molecule has 0 unspecified atom stereocenters. The first-order chi connectivity index (χ1) is 10.0. The second-order valence-electron chi connectivity index (χ2n) is 6.81. The van der Waals surface area contributed by atoms with E-state index in [0.29, 0.717) is 24.4 Å². The molecule has 0 bridgehead atoms. The predicted octanol–water partition coefficient (Wildman–Crippen LogP) is 3.46. The summed E-state index contributed by atoms with van der Waals surface area (Å²) in [6.45, 7) is 12.2. The Labute approximate surface area is 138 Å². The van der Waals surface area contributed by atoms with E-state index in [4.69, 9.17) is 21.8 Å². The fraction of sp³-hybridized carbons (Fsp3) is 0.600. The maximum Gasteiger partial charge on any atom is 0.253 e. The van der Waals surface area contributed by atoms with E-state index in [1.54, 1.807) is 0 Å². The number of carbonyl (C=O) groups is 1. The van der Waals surface area contributed by atoms with Crippen LogP contribution < -0.4 is 11.1 Å². The number of carbonyl (C=O) groups excluding carboxylic acids is 1. The number of rotatable bonds is 6. The number of hydrogen-bond donors (Lipinski definition) is 2. The van der Waals surface area contributed by atoms with E-state index in [0.717, 1.165) is 6.42 Å². The number of nitrogens with zero attached hydrogens (tertiary/aromatic N) is 1. The lowest BCUT2D eigenvalue weighted by atomic mass is 10.2. The molecule has 1 aromatic rings. The Hall–Kier alpha value is -1.11. The minimum Gasteiger partial charge on any atom is -0.417 e. The summed E-state index contributed by atoms with van der Waals surface area (Å²) in [5.41, 5.74) is 6.40. The normalized spacial score (nSPS) is 12.3. The summed E-state index contributed by atoms with van der Waals surface area (Å²) in [5.74, 6) is -0.242. The van der Waals surface area contributed by atoms with Gasteiger partial charge in [0, 0.05) is 13.2 Å². The fourth-order valence-corrected chi connectivity index (χ4v) is 2.80. The molecule has 0 aromatic carbocycles. The Morgan fingerprint density at radius 3 is 2.68 bits per heavy atom. The lowest BCUT2D eigenvalue weighted by Gasteiger charge is -2.36. The van der Waals surface area contributed by atoms with E-state index < -0.39 is 8.32 Å². The molecule has 0 radical (unpaired) electrons. The van der Waals surface area contributed by atoms with Crippen molar-refractivity contribution in [2.75, 3.05) is 18.9 Å². The third kappa shape index (κ3) is 5.26. The Morgan fingerprint density at radius 2 is 2.09 bits per heavy atom. The zero-order valence-corrected chi connectivity index (χ0v) is 15.8. The van der Waals surface area contributed by atoms with Crippen molar-refractivity contribution in [1.29, 1.82) is 0 Å². The van der Waals surface area contributed by atoms with Crippen LogP contribution in [0.25, 0.3) is 0 Å². The predicted molar refractivity (Wildman–Crippen MR) is 93.8 cm³/mol. The van der Waals surface area contributed by atoms with E-state index in [1.807, 2.05) is 0 Å². The van der Waals surface area contributed by atoms with E-state index >= 15 is 0 Å². The van der Waals surface area contributed by atoms with Crippen LogP contribution in [0.4, 0.5) is 5.69 Å². The summed E-state index contributed by atoms with van der Waals surface area (Å²) in [4.78, 5) is 15.9. The highest BCUT2D eigenvalue weighted by atomic mass is 35.5. The Balaban J connectivity index is 2.39. The maximum atomic E-state index is 12.0. The second kappa shape index (κ2) is 7.44. The van der Waals surface area contributed by atoms with Gasteiger partial charge in [-0.25, -0.2) is 4.98 Å². The summed E-state index contributed by atoms with van der Waals surface area (Å²) < 4.78 is 6.06. The van der Waals surface area contributed by atoms with E-state index in [9.17, 15) is 4.79 Å². The fourth-order valence-electron chi connectivity index (χ4n) is 1.55. The Morgan fingerprint density at radius 1 is 1.45 bits per heavy atom. The molecule has 1 aromatic heterocycles. The van der Waals surface area contributed by atoms with Crippen molar-refractivity contribution >= 4 is 31.5 Å². The first-order valence-electron chi connectivity index (χ1n) is 7.38. The van der Waals surface area contributed by atoms with Crippen LogP contribution in [0.15, 0.2) is 12.3 Å². The van der Waals surface area contributed by atoms with Crippen molar-refractivity contribution in [3.63, 3.8) is 0 Å². The van der Waals surface area contributed by atoms with Gasteiger partial charge in [-0.2, -0.15) is 0 Å². The topological polar surface area (TPSA) is 77.2 Å². The van der Waals surface area contributed by atoms with Crippen molar-refractivity contribution < 1.29 is 9.22 Å². The number of halogens is 1. The summed E-state index contributed by atoms with van der Waals surface area (Å²) in [7, 11) is -1.72. The van der Waals surface area contributed by atoms with Gasteiger partial charge in [0.25, 0.3) is 5.91 Å². The maximum absolute atomic E-state index is 12.0. The molecule has 7 heteroatoms. The summed E-state index contributed by atoms with van der Waals surface area (Å²) >= 11 is 5.78. The molecule has 22 heavy (non-hydrogen) atoms. The molecule has 0 aliphatic heterocycles. The van der Waals surface area contributed by atoms with Gasteiger partial charge in [-0.3, -0.25) is 4.79 Å². The van der Waals surface area contributed by atoms with Crippen LogP contribution >= 0.6 is 11.6 Å². The van der Waals surface area contributed by atoms with E-state index in [-0.39, 0.29) is 16.1 Å². The standard InChI is InChI=1S/C15H26ClN3O2Si/c1-15(2,3)22(4,5)21-8-6-7-18-14(20)11-9-13(16)19-10-12(11)17/h9-10H,6-8,17H2,1-5H3,(H,18,20). The number of nitrogens with one attached hydrogen (secondary N) is 1. The summed E-state index contributed by atoms with van der Waals surface area (Å²) in [6.07, 6.45) is 2.15. The highest BCUT2D eigenvalue weighted by Gasteiger charge is 2.36. The summed E-state index contributed by atoms with van der Waals surface area (Å²) in [5, 5.41) is 3.27. The highest BCUT2D eigenvalue weighted by Crippen LogP contribution is 2.36. The van der Waals surface area contributed by atoms with Gasteiger partial charge in [0.2, 0.25) is 0 Å². The summed E-state index contributed by atoms with van der Waals surface area (Å²) in [6, 6.07) is 1.47. The third-order valence-corrected chi connectivity index (χ3v) is 8.77. The van der Waals surface area contributed by atoms with Crippen LogP contribution in [-0.2, 0) is 4.43 Å². The van der Waals surface area contributed by atoms with E-state index in [2.05, 4.69) is 44.2 Å². The van der Waals surface area contributed by atoms with Crippen molar-refractivity contribution in [2.24, 2.45) is 0 Å². The zero-order chi connectivity index (χ0) is 17.0. The SMILES string of the molecule is CC(C)(C)[Si](C)(C)OCCCNC(=O)c1cc(Cl)ncc1N. The molecular weight excluding hydrogens is 318 g/mol. The molecule has 1 amide bonds. The molecule has 1 rings (SSSR count). The zero-order valence-electron chi connectivity index (χ0n) is 14.0. The average molecular weight is 344 g/mol. The molecule has 0 aliphatic rings. The average Bonchev–Trinajstić information content (AvgIpc) is 2.39. The minimum absolute atomic E-state index is 0.193. The van der Waals surface area contributed by atoms with Crippen molar-refractivity contribution in [3.05, 3.63) is 23.0 Å². The van der Waals surface area contributed by atoms with Gasteiger partial charge in [0.05, 0.1) is 17.4 Å². The first kappa shape index (κ1) is 18.9. The van der Waals surface area contributed by atoms with Gasteiger partial charge in [0.15, 0.2) is 8.32 Å². The smallest absolute Gasteiger partial charge is 0.253 e. The molecule has 0 spiro atoms. The number of aromatic nitrogens is 1. The number of nitrogen functional groups attached to an aromatic ring is 1. The molecule has 0 fully saturated rings. The van der Waals surface area contributed by atoms with Crippen molar-refractivity contribution in [3.8, 4) is 0 Å². The van der Waals surface area contributed by atoms with Gasteiger partial charge in [0.1, 0.15) is 5.15 Å². The lowest BCUT2D eigenvalue weighted by Crippen LogP contribution is -2.41. The van der Waals surface area contributed by atoms with Crippen LogP contribution in [0.1, 0.15) is 37.6 Å². The molecule has 0 aliphatic carbocycles. The van der Waals surface area contributed by atoms with Crippen LogP contribution in [0.5, 0.6) is 0 Å². The second-order valence-corrected chi connectivity index (χ2v) is 12.0. The van der Waals surface area contributed by atoms with Crippen LogP contribution in [0.3, 0.4) is 0 Å². The van der Waals surface area contributed by atoms with Crippen LogP contribution in [0.2, 0.25) is 23.3 Å². The molecule has 0 saturated heterocycles.